The van der Waals surface area contributed by atoms with Gasteiger partial charge in [-0.3, -0.25) is 33.8 Å². The third-order valence-corrected chi connectivity index (χ3v) is 4.43. The minimum Gasteiger partial charge on any atom is -0.289 e. The van der Waals surface area contributed by atoms with Gasteiger partial charge in [0.25, 0.3) is 17.7 Å². The van der Waals surface area contributed by atoms with Crippen LogP contribution in [0, 0.1) is 5.92 Å². The average Bonchev–Trinajstić information content (AvgIpc) is 3.10. The lowest BCUT2D eigenvalue weighted by molar-refractivity contribution is -0.137. The summed E-state index contributed by atoms with van der Waals surface area (Å²) in [6.07, 6.45) is -1.78. The smallest absolute Gasteiger partial charge is 0.261 e. The van der Waals surface area contributed by atoms with Gasteiger partial charge in [0.1, 0.15) is 0 Å². The van der Waals surface area contributed by atoms with Crippen molar-refractivity contribution in [2.45, 2.75) is 6.40 Å². The van der Waals surface area contributed by atoms with Crippen LogP contribution < -0.4 is 0 Å². The number of Topliss-reactive ketones (excluding diaryl/α,β-unsaturated/α-hetero) is 1. The Morgan fingerprint density at radius 2 is 1.73 bits per heavy atom. The maximum Gasteiger partial charge on any atom is 0.261 e. The topological polar surface area (TPSA) is 91.8 Å². The number of carbonyl (C=O) groups excluding carboxylic acids is 5. The molecule has 0 saturated carbocycles. The Bertz CT molecular complexity index is 1280. The van der Waals surface area contributed by atoms with Crippen LogP contribution in [0.1, 0.15) is 45.7 Å². The van der Waals surface area contributed by atoms with Gasteiger partial charge >= 0.3 is 0 Å². The average molecular weight is 356 g/mol. The van der Waals surface area contributed by atoms with Crippen LogP contribution in [0.2, 0.25) is 0 Å². The van der Waals surface area contributed by atoms with E-state index in [4.69, 9.17) is 8.22 Å². The first kappa shape index (κ1) is 10.6. The third-order valence-electron chi connectivity index (χ3n) is 4.43. The molecule has 2 atom stereocenters. The monoisotopic (exact) mass is 356 g/mol. The Hall–Kier alpha value is -3.35. The van der Waals surface area contributed by atoms with Crippen LogP contribution in [0.4, 0.5) is 0 Å². The first-order valence-electron chi connectivity index (χ1n) is 10.6. The summed E-state index contributed by atoms with van der Waals surface area (Å²) in [5.74, 6) is -6.27. The molecule has 26 heavy (non-hydrogen) atoms. The number of carbonyl (C=O) groups is 5. The summed E-state index contributed by atoms with van der Waals surface area (Å²) in [4.78, 5) is 64.1. The number of fused-ring (bicyclic) bond motifs is 2. The molecule has 0 N–H and O–H groups in total. The summed E-state index contributed by atoms with van der Waals surface area (Å²) >= 11 is 0. The molecule has 4 rings (SSSR count). The molecule has 0 radical (unpaired) electrons. The van der Waals surface area contributed by atoms with Crippen molar-refractivity contribution in [2.24, 2.45) is 5.92 Å². The van der Waals surface area contributed by atoms with Gasteiger partial charge in [-0.05, 0) is 18.5 Å². The number of hydrogen-bond donors (Lipinski definition) is 0. The van der Waals surface area contributed by atoms with E-state index in [9.17, 15) is 24.0 Å². The Kier molecular flexibility index (Phi) is 2.17. The fourth-order valence-corrected chi connectivity index (χ4v) is 2.91. The van der Waals surface area contributed by atoms with Gasteiger partial charge < -0.3 is 0 Å². The van der Waals surface area contributed by atoms with Crippen molar-refractivity contribution in [1.29, 1.82) is 0 Å². The Labute approximate surface area is 157 Å². The normalized spacial score (nSPS) is 28.5. The van der Waals surface area contributed by atoms with Crippen molar-refractivity contribution in [3.63, 3.8) is 0 Å². The zero-order chi connectivity index (χ0) is 24.0. The minimum absolute atomic E-state index is 0.381. The van der Waals surface area contributed by atoms with Crippen LogP contribution >= 0.6 is 0 Å². The van der Waals surface area contributed by atoms with Gasteiger partial charge in [-0.1, -0.05) is 18.1 Å². The second-order valence-corrected chi connectivity index (χ2v) is 5.92. The van der Waals surface area contributed by atoms with E-state index in [1.54, 1.807) is 0 Å². The lowest BCUT2D eigenvalue weighted by Gasteiger charge is -2.15. The van der Waals surface area contributed by atoms with Gasteiger partial charge in [0.15, 0.2) is 5.78 Å². The standard InChI is InChI=1S/C19H14N2O5/c1-20-16(23)11-5-3-9(7-13(11)18(20)25)15(22)10-4-6-12-14(8-10)19(26)21(2)17(12)24/h3-7,14H,8H2,1-2H3/i3D,4D,5D,6D,7D,8D. The van der Waals surface area contributed by atoms with E-state index in [1.807, 2.05) is 0 Å². The molecule has 0 spiro atoms. The van der Waals surface area contributed by atoms with Crippen LogP contribution in [-0.2, 0) is 9.59 Å². The van der Waals surface area contributed by atoms with Crippen molar-refractivity contribution >= 4 is 29.4 Å². The van der Waals surface area contributed by atoms with E-state index >= 15 is 0 Å². The molecule has 4 amide bonds. The highest BCUT2D eigenvalue weighted by molar-refractivity contribution is 6.22. The highest BCUT2D eigenvalue weighted by Gasteiger charge is 2.43. The van der Waals surface area contributed by atoms with E-state index in [-0.39, 0.29) is 5.57 Å². The van der Waals surface area contributed by atoms with Gasteiger partial charge in [0.05, 0.1) is 23.9 Å². The number of hydrogen-bond acceptors (Lipinski definition) is 5. The molecule has 1 aliphatic carbocycles. The zero-order valence-corrected chi connectivity index (χ0v) is 13.6. The van der Waals surface area contributed by atoms with Crippen molar-refractivity contribution < 1.29 is 32.2 Å². The van der Waals surface area contributed by atoms with Gasteiger partial charge in [0, 0.05) is 32.2 Å². The quantitative estimate of drug-likeness (QED) is 0.581. The second-order valence-electron chi connectivity index (χ2n) is 5.92. The lowest BCUT2D eigenvalue weighted by atomic mass is 9.85. The molecule has 2 aliphatic heterocycles. The summed E-state index contributed by atoms with van der Waals surface area (Å²) < 4.78 is 49.3. The molecule has 7 heteroatoms. The number of ketones is 1. The van der Waals surface area contributed by atoms with Crippen molar-refractivity contribution in [2.75, 3.05) is 14.1 Å². The summed E-state index contributed by atoms with van der Waals surface area (Å²) in [7, 11) is 2.27. The molecule has 3 aliphatic rings. The molecular weight excluding hydrogens is 336 g/mol. The summed E-state index contributed by atoms with van der Waals surface area (Å²) in [6, 6.07) is -3.96. The molecule has 2 heterocycles. The van der Waals surface area contributed by atoms with E-state index in [0.29, 0.717) is 9.80 Å². The Morgan fingerprint density at radius 3 is 2.46 bits per heavy atom. The van der Waals surface area contributed by atoms with Crippen LogP contribution in [0.15, 0.2) is 41.4 Å². The molecule has 1 aromatic rings. The fraction of sp³-hybridized carbons (Fsp3) is 0.211. The summed E-state index contributed by atoms with van der Waals surface area (Å²) in [5.41, 5.74) is -2.90. The van der Waals surface area contributed by atoms with Crippen LogP contribution in [0.5, 0.6) is 0 Å². The third kappa shape index (κ3) is 2.03. The van der Waals surface area contributed by atoms with E-state index in [1.165, 1.54) is 0 Å². The van der Waals surface area contributed by atoms with Crippen molar-refractivity contribution in [1.82, 2.24) is 9.80 Å². The zero-order valence-electron chi connectivity index (χ0n) is 19.6. The second kappa shape index (κ2) is 5.32. The molecule has 7 nitrogen and oxygen atoms in total. The predicted octanol–water partition coefficient (Wildman–Crippen LogP) is 0.966. The molecule has 130 valence electrons. The Morgan fingerprint density at radius 1 is 1.04 bits per heavy atom. The number of benzene rings is 1. The molecule has 0 aromatic heterocycles. The lowest BCUT2D eigenvalue weighted by Crippen LogP contribution is -2.26. The molecule has 2 unspecified atom stereocenters. The van der Waals surface area contributed by atoms with Gasteiger partial charge in [-0.25, -0.2) is 0 Å². The molecular formula is C19H14N2O5. The van der Waals surface area contributed by atoms with E-state index in [0.717, 1.165) is 14.1 Å². The largest absolute Gasteiger partial charge is 0.289 e. The molecule has 0 bridgehead atoms. The number of nitrogens with zero attached hydrogens (tertiary/aromatic N) is 2. The maximum absolute atomic E-state index is 13.3. The van der Waals surface area contributed by atoms with Crippen LogP contribution in [0.25, 0.3) is 0 Å². The number of rotatable bonds is 2. The number of likely N-dealkylation sites (N-methyl/N-ethyl adjacent to an activating group) is 1. The highest BCUT2D eigenvalue weighted by atomic mass is 16.2. The molecule has 1 aromatic carbocycles. The Balaban J connectivity index is 1.95. The van der Waals surface area contributed by atoms with Gasteiger partial charge in [0.2, 0.25) is 5.91 Å². The predicted molar refractivity (Wildman–Crippen MR) is 89.2 cm³/mol. The summed E-state index contributed by atoms with van der Waals surface area (Å²) in [6.45, 7) is 0. The van der Waals surface area contributed by atoms with E-state index < -0.39 is 94.2 Å². The van der Waals surface area contributed by atoms with Crippen molar-refractivity contribution in [3.8, 4) is 0 Å². The number of allylic oxidation sites excluding steroid dienone is 3. The minimum atomic E-state index is -1.78. The number of likely N-dealkylation sites (tertiary alicyclic amines) is 1. The van der Waals surface area contributed by atoms with Crippen LogP contribution in [0.3, 0.4) is 0 Å². The molecule has 1 saturated heterocycles. The van der Waals surface area contributed by atoms with Crippen LogP contribution in [-0.4, -0.2) is 53.3 Å². The maximum atomic E-state index is 13.3. The van der Waals surface area contributed by atoms with Gasteiger partial charge in [-0.15, -0.1) is 0 Å². The first-order chi connectivity index (χ1) is 14.8. The first-order valence-corrected chi connectivity index (χ1v) is 7.51. The van der Waals surface area contributed by atoms with Gasteiger partial charge in [-0.2, -0.15) is 0 Å². The number of amides is 4. The molecule has 1 fully saturated rings. The highest BCUT2D eigenvalue weighted by Crippen LogP contribution is 2.35. The van der Waals surface area contributed by atoms with Crippen molar-refractivity contribution in [3.05, 3.63) is 58.1 Å². The van der Waals surface area contributed by atoms with E-state index in [2.05, 4.69) is 0 Å². The SMILES string of the molecule is [2H]C1=C(C(=O)c2c([2H])c([2H])c3c(c2[2H])C(=O)N(C)C3=O)C([2H])C2C(=O)N(C)C(=O)C2=C1[2H]. The number of imide groups is 2. The summed E-state index contributed by atoms with van der Waals surface area (Å²) in [5, 5.41) is 0. The fourth-order valence-electron chi connectivity index (χ4n) is 2.91.